The van der Waals surface area contributed by atoms with Crippen LogP contribution < -0.4 is 10.3 Å². The van der Waals surface area contributed by atoms with Crippen molar-refractivity contribution in [3.05, 3.63) is 57.9 Å². The van der Waals surface area contributed by atoms with Gasteiger partial charge in [-0.05, 0) is 43.2 Å². The Kier molecular flexibility index (Phi) is 3.22. The normalized spacial score (nSPS) is 10.8. The molecule has 0 aliphatic rings. The largest absolute Gasteiger partial charge is 0.496 e. The van der Waals surface area contributed by atoms with Crippen LogP contribution in [0.5, 0.6) is 5.75 Å². The third-order valence-electron chi connectivity index (χ3n) is 3.55. The predicted molar refractivity (Wildman–Crippen MR) is 83.8 cm³/mol. The maximum atomic E-state index is 12.3. The quantitative estimate of drug-likeness (QED) is 0.784. The second kappa shape index (κ2) is 5.05. The van der Waals surface area contributed by atoms with Gasteiger partial charge in [0.25, 0.3) is 5.56 Å². The molecule has 0 aliphatic carbocycles. The van der Waals surface area contributed by atoms with E-state index in [9.17, 15) is 4.79 Å². The number of aromatic nitrogens is 2. The van der Waals surface area contributed by atoms with Gasteiger partial charge in [0.2, 0.25) is 0 Å². The van der Waals surface area contributed by atoms with Crippen molar-refractivity contribution >= 4 is 10.9 Å². The second-order valence-electron chi connectivity index (χ2n) is 5.09. The molecule has 4 heteroatoms. The van der Waals surface area contributed by atoms with Crippen LogP contribution in [0.4, 0.5) is 0 Å². The lowest BCUT2D eigenvalue weighted by molar-refractivity contribution is 0.416. The molecule has 0 spiro atoms. The van der Waals surface area contributed by atoms with E-state index in [1.165, 1.54) is 0 Å². The fourth-order valence-corrected chi connectivity index (χ4v) is 2.48. The summed E-state index contributed by atoms with van der Waals surface area (Å²) < 4.78 is 5.39. The number of aromatic amines is 1. The van der Waals surface area contributed by atoms with Gasteiger partial charge >= 0.3 is 0 Å². The van der Waals surface area contributed by atoms with Crippen molar-refractivity contribution in [2.45, 2.75) is 13.8 Å². The van der Waals surface area contributed by atoms with E-state index < -0.39 is 0 Å². The van der Waals surface area contributed by atoms with Crippen molar-refractivity contribution < 1.29 is 4.74 Å². The minimum absolute atomic E-state index is 0.139. The van der Waals surface area contributed by atoms with Gasteiger partial charge in [-0.1, -0.05) is 18.2 Å². The molecule has 3 rings (SSSR count). The third kappa shape index (κ3) is 2.29. The maximum Gasteiger partial charge on any atom is 0.259 e. The summed E-state index contributed by atoms with van der Waals surface area (Å²) in [6.45, 7) is 3.95. The van der Waals surface area contributed by atoms with Gasteiger partial charge in [0, 0.05) is 0 Å². The fourth-order valence-electron chi connectivity index (χ4n) is 2.48. The van der Waals surface area contributed by atoms with Crippen molar-refractivity contribution in [1.29, 1.82) is 0 Å². The number of ether oxygens (including phenoxy) is 1. The van der Waals surface area contributed by atoms with E-state index in [0.29, 0.717) is 22.5 Å². The number of nitrogens with zero attached hydrogens (tertiary/aromatic N) is 1. The molecule has 0 aliphatic heterocycles. The molecule has 0 radical (unpaired) electrons. The van der Waals surface area contributed by atoms with Gasteiger partial charge in [-0.2, -0.15) is 0 Å². The van der Waals surface area contributed by atoms with E-state index in [-0.39, 0.29) is 5.56 Å². The number of nitrogens with one attached hydrogen (secondary N) is 1. The molecule has 0 atom stereocenters. The van der Waals surface area contributed by atoms with Crippen molar-refractivity contribution in [3.63, 3.8) is 0 Å². The molecule has 106 valence electrons. The fraction of sp³-hybridized carbons (Fsp3) is 0.176. The summed E-state index contributed by atoms with van der Waals surface area (Å²) >= 11 is 0. The highest BCUT2D eigenvalue weighted by Crippen LogP contribution is 2.30. The van der Waals surface area contributed by atoms with Crippen LogP contribution in [-0.2, 0) is 0 Å². The lowest BCUT2D eigenvalue weighted by atomic mass is 10.1. The van der Waals surface area contributed by atoms with Gasteiger partial charge in [-0.25, -0.2) is 4.98 Å². The zero-order valence-electron chi connectivity index (χ0n) is 12.2. The van der Waals surface area contributed by atoms with E-state index in [4.69, 9.17) is 4.74 Å². The van der Waals surface area contributed by atoms with E-state index in [1.807, 2.05) is 44.2 Å². The molecule has 0 saturated carbocycles. The summed E-state index contributed by atoms with van der Waals surface area (Å²) in [7, 11) is 1.61. The Hall–Kier alpha value is -2.62. The average molecular weight is 280 g/mol. The molecule has 3 aromatic rings. The topological polar surface area (TPSA) is 55.0 Å². The summed E-state index contributed by atoms with van der Waals surface area (Å²) in [5, 5.41) is 0.594. The van der Waals surface area contributed by atoms with E-state index >= 15 is 0 Å². The molecule has 2 aromatic carbocycles. The Morgan fingerprint density at radius 1 is 1.14 bits per heavy atom. The zero-order valence-corrected chi connectivity index (χ0v) is 12.2. The smallest absolute Gasteiger partial charge is 0.259 e. The first-order chi connectivity index (χ1) is 10.1. The standard InChI is InChI=1S/C17H16N2O2/c1-10-7-8-12-13(9-10)18-16(19-17(12)20)15-11(2)5-4-6-14(15)21-3/h4-9H,1-3H3,(H,18,19,20). The van der Waals surface area contributed by atoms with Crippen LogP contribution in [-0.4, -0.2) is 17.1 Å². The molecule has 0 unspecified atom stereocenters. The number of fused-ring (bicyclic) bond motifs is 1. The van der Waals surface area contributed by atoms with Crippen LogP contribution in [0.15, 0.2) is 41.2 Å². The number of aryl methyl sites for hydroxylation is 2. The molecule has 0 fully saturated rings. The summed E-state index contributed by atoms with van der Waals surface area (Å²) in [6, 6.07) is 11.4. The maximum absolute atomic E-state index is 12.3. The molecule has 4 nitrogen and oxygen atoms in total. The van der Waals surface area contributed by atoms with Gasteiger partial charge in [-0.3, -0.25) is 4.79 Å². The number of hydrogen-bond donors (Lipinski definition) is 1. The first-order valence-corrected chi connectivity index (χ1v) is 6.75. The highest BCUT2D eigenvalue weighted by Gasteiger charge is 2.13. The van der Waals surface area contributed by atoms with E-state index in [2.05, 4.69) is 9.97 Å². The predicted octanol–water partition coefficient (Wildman–Crippen LogP) is 3.22. The Morgan fingerprint density at radius 3 is 2.71 bits per heavy atom. The van der Waals surface area contributed by atoms with E-state index in [1.54, 1.807) is 13.2 Å². The summed E-state index contributed by atoms with van der Waals surface area (Å²) in [5.41, 5.74) is 3.45. The van der Waals surface area contributed by atoms with Crippen LogP contribution in [0.2, 0.25) is 0 Å². The molecule has 1 N–H and O–H groups in total. The molecular formula is C17H16N2O2. The van der Waals surface area contributed by atoms with Gasteiger partial charge in [0.1, 0.15) is 11.6 Å². The minimum Gasteiger partial charge on any atom is -0.496 e. The van der Waals surface area contributed by atoms with Crippen LogP contribution in [0.3, 0.4) is 0 Å². The van der Waals surface area contributed by atoms with Crippen LogP contribution in [0.25, 0.3) is 22.3 Å². The minimum atomic E-state index is -0.139. The van der Waals surface area contributed by atoms with E-state index in [0.717, 1.165) is 16.7 Å². The summed E-state index contributed by atoms with van der Waals surface area (Å²) in [6.07, 6.45) is 0. The van der Waals surface area contributed by atoms with Gasteiger partial charge < -0.3 is 9.72 Å². The lowest BCUT2D eigenvalue weighted by Gasteiger charge is -2.11. The van der Waals surface area contributed by atoms with Crippen molar-refractivity contribution in [2.24, 2.45) is 0 Å². The summed E-state index contributed by atoms with van der Waals surface area (Å²) in [4.78, 5) is 19.7. The highest BCUT2D eigenvalue weighted by molar-refractivity contribution is 5.81. The molecule has 21 heavy (non-hydrogen) atoms. The van der Waals surface area contributed by atoms with Gasteiger partial charge in [-0.15, -0.1) is 0 Å². The Labute approximate surface area is 122 Å². The second-order valence-corrected chi connectivity index (χ2v) is 5.09. The Bertz CT molecular complexity index is 882. The third-order valence-corrected chi connectivity index (χ3v) is 3.55. The lowest BCUT2D eigenvalue weighted by Crippen LogP contribution is -2.10. The van der Waals surface area contributed by atoms with Gasteiger partial charge in [0.05, 0.1) is 23.6 Å². The highest BCUT2D eigenvalue weighted by atomic mass is 16.5. The van der Waals surface area contributed by atoms with Crippen molar-refractivity contribution in [3.8, 4) is 17.1 Å². The number of benzene rings is 2. The zero-order chi connectivity index (χ0) is 15.0. The molecule has 0 amide bonds. The number of methoxy groups -OCH3 is 1. The summed E-state index contributed by atoms with van der Waals surface area (Å²) in [5.74, 6) is 1.23. The average Bonchev–Trinajstić information content (AvgIpc) is 2.46. The van der Waals surface area contributed by atoms with Crippen LogP contribution in [0, 0.1) is 13.8 Å². The van der Waals surface area contributed by atoms with Gasteiger partial charge in [0.15, 0.2) is 0 Å². The van der Waals surface area contributed by atoms with Crippen molar-refractivity contribution in [1.82, 2.24) is 9.97 Å². The Balaban J connectivity index is 2.34. The van der Waals surface area contributed by atoms with Crippen LogP contribution in [0.1, 0.15) is 11.1 Å². The number of hydrogen-bond acceptors (Lipinski definition) is 3. The van der Waals surface area contributed by atoms with Crippen molar-refractivity contribution in [2.75, 3.05) is 7.11 Å². The first kappa shape index (κ1) is 13.4. The number of rotatable bonds is 2. The molecule has 0 saturated heterocycles. The Morgan fingerprint density at radius 2 is 1.95 bits per heavy atom. The SMILES string of the molecule is COc1cccc(C)c1-c1nc2cc(C)ccc2c(=O)[nH]1. The number of H-pyrrole nitrogens is 1. The van der Waals surface area contributed by atoms with Crippen LogP contribution >= 0.6 is 0 Å². The first-order valence-electron chi connectivity index (χ1n) is 6.75. The monoisotopic (exact) mass is 280 g/mol. The molecule has 1 aromatic heterocycles. The molecule has 1 heterocycles. The molecular weight excluding hydrogens is 264 g/mol. The molecule has 0 bridgehead atoms.